The summed E-state index contributed by atoms with van der Waals surface area (Å²) in [6, 6.07) is 2.34. The van der Waals surface area contributed by atoms with Gasteiger partial charge in [-0.25, -0.2) is 9.97 Å². The van der Waals surface area contributed by atoms with Gasteiger partial charge in [0.1, 0.15) is 18.2 Å². The molecule has 0 radical (unpaired) electrons. The number of nitriles is 1. The highest BCUT2D eigenvalue weighted by molar-refractivity contribution is 5.70. The lowest BCUT2D eigenvalue weighted by molar-refractivity contribution is 0.0464. The molecule has 25 heavy (non-hydrogen) atoms. The Balaban J connectivity index is 1.68. The van der Waals surface area contributed by atoms with E-state index in [1.807, 2.05) is 10.9 Å². The lowest BCUT2D eigenvalue weighted by Gasteiger charge is -2.21. The van der Waals surface area contributed by atoms with Gasteiger partial charge in [-0.1, -0.05) is 12.8 Å². The van der Waals surface area contributed by atoms with Gasteiger partial charge in [-0.05, 0) is 18.8 Å². The molecule has 0 saturated heterocycles. The second-order valence-corrected chi connectivity index (χ2v) is 6.70. The summed E-state index contributed by atoms with van der Waals surface area (Å²) in [5, 5.41) is 36.4. The fourth-order valence-corrected chi connectivity index (χ4v) is 3.95. The van der Waals surface area contributed by atoms with Crippen molar-refractivity contribution < 1.29 is 10.2 Å². The highest BCUT2D eigenvalue weighted by Crippen LogP contribution is 2.39. The zero-order chi connectivity index (χ0) is 17.4. The number of hydrogen-bond donors (Lipinski definition) is 3. The molecule has 130 valence electrons. The summed E-state index contributed by atoms with van der Waals surface area (Å²) in [4.78, 5) is 8.35. The summed E-state index contributed by atoms with van der Waals surface area (Å²) >= 11 is 0. The van der Waals surface area contributed by atoms with Crippen LogP contribution in [0.1, 0.15) is 49.8 Å². The molecule has 0 aromatic carbocycles. The van der Waals surface area contributed by atoms with Crippen molar-refractivity contribution in [3.63, 3.8) is 0 Å². The van der Waals surface area contributed by atoms with Gasteiger partial charge in [0.25, 0.3) is 0 Å². The first-order valence-electron chi connectivity index (χ1n) is 8.58. The molecule has 1 saturated carbocycles. The van der Waals surface area contributed by atoms with Gasteiger partial charge in [0.15, 0.2) is 6.23 Å². The fourth-order valence-electron chi connectivity index (χ4n) is 3.95. The van der Waals surface area contributed by atoms with Crippen LogP contribution in [0.4, 0.5) is 5.82 Å². The number of aliphatic hydroxyl groups excluding tert-OH is 2. The molecular formula is C17H20N6O2. The van der Waals surface area contributed by atoms with Crippen LogP contribution in [0, 0.1) is 17.2 Å². The molecule has 1 fully saturated rings. The Bertz CT molecular complexity index is 808. The summed E-state index contributed by atoms with van der Waals surface area (Å²) in [7, 11) is 0. The molecule has 2 aromatic heterocycles. The number of nitrogens with zero attached hydrogens (tertiary/aromatic N) is 5. The van der Waals surface area contributed by atoms with Crippen LogP contribution in [0.15, 0.2) is 18.7 Å². The molecule has 3 N–H and O–H groups in total. The van der Waals surface area contributed by atoms with Crippen LogP contribution in [0.2, 0.25) is 0 Å². The van der Waals surface area contributed by atoms with E-state index in [-0.39, 0.29) is 6.04 Å². The maximum atomic E-state index is 10.2. The average molecular weight is 340 g/mol. The third-order valence-corrected chi connectivity index (χ3v) is 5.22. The van der Waals surface area contributed by atoms with Crippen molar-refractivity contribution in [1.82, 2.24) is 19.7 Å². The van der Waals surface area contributed by atoms with E-state index in [1.165, 1.54) is 19.2 Å². The molecular weight excluding hydrogens is 320 g/mol. The zero-order valence-electron chi connectivity index (χ0n) is 13.7. The number of aromatic nitrogens is 4. The van der Waals surface area contributed by atoms with Gasteiger partial charge >= 0.3 is 0 Å². The molecule has 1 aliphatic heterocycles. The van der Waals surface area contributed by atoms with E-state index in [1.54, 1.807) is 6.20 Å². The third-order valence-electron chi connectivity index (χ3n) is 5.22. The standard InChI is InChI=1S/C17H20N6O2/c18-6-5-12(10-3-1-2-4-10)23-8-11(7-21-23)14-13-15(24)17(25)22-16(13)20-9-19-14/h7-10,12,15,17,24-25H,1-5H2,(H,19,20,22)/t12-,15?,17?/m1/s1. The van der Waals surface area contributed by atoms with Crippen molar-refractivity contribution in [3.8, 4) is 17.3 Å². The van der Waals surface area contributed by atoms with Crippen LogP contribution in [0.5, 0.6) is 0 Å². The van der Waals surface area contributed by atoms with Gasteiger partial charge in [-0.3, -0.25) is 4.68 Å². The maximum absolute atomic E-state index is 10.2. The smallest absolute Gasteiger partial charge is 0.156 e. The summed E-state index contributed by atoms with van der Waals surface area (Å²) in [6.07, 6.45) is 7.87. The van der Waals surface area contributed by atoms with Gasteiger partial charge in [-0.15, -0.1) is 0 Å². The molecule has 2 unspecified atom stereocenters. The van der Waals surface area contributed by atoms with Gasteiger partial charge < -0.3 is 15.5 Å². The van der Waals surface area contributed by atoms with E-state index < -0.39 is 12.3 Å². The Hall–Kier alpha value is -2.50. The molecule has 0 bridgehead atoms. The Morgan fingerprint density at radius 3 is 2.88 bits per heavy atom. The molecule has 8 heteroatoms. The summed E-state index contributed by atoms with van der Waals surface area (Å²) in [5.74, 6) is 0.903. The second kappa shape index (κ2) is 6.43. The minimum atomic E-state index is -1.09. The fraction of sp³-hybridized carbons (Fsp3) is 0.529. The van der Waals surface area contributed by atoms with E-state index in [9.17, 15) is 15.5 Å². The van der Waals surface area contributed by atoms with Gasteiger partial charge in [0.2, 0.25) is 0 Å². The van der Waals surface area contributed by atoms with Crippen molar-refractivity contribution in [2.24, 2.45) is 5.92 Å². The molecule has 0 spiro atoms. The quantitative estimate of drug-likeness (QED) is 0.775. The first-order valence-corrected chi connectivity index (χ1v) is 8.58. The number of nitrogens with one attached hydrogen (secondary N) is 1. The largest absolute Gasteiger partial charge is 0.383 e. The number of rotatable bonds is 4. The normalized spacial score (nSPS) is 23.9. The van der Waals surface area contributed by atoms with Crippen molar-refractivity contribution in [3.05, 3.63) is 24.3 Å². The van der Waals surface area contributed by atoms with E-state index in [0.29, 0.717) is 29.4 Å². The zero-order valence-corrected chi connectivity index (χ0v) is 13.7. The molecule has 2 aliphatic rings. The molecule has 3 atom stereocenters. The topological polar surface area (TPSA) is 120 Å². The number of fused-ring (bicyclic) bond motifs is 1. The summed E-state index contributed by atoms with van der Waals surface area (Å²) in [6.45, 7) is 0. The molecule has 4 rings (SSSR count). The first kappa shape index (κ1) is 16.0. The van der Waals surface area contributed by atoms with Crippen LogP contribution >= 0.6 is 0 Å². The minimum absolute atomic E-state index is 0.0600. The monoisotopic (exact) mass is 340 g/mol. The maximum Gasteiger partial charge on any atom is 0.156 e. The Morgan fingerprint density at radius 1 is 1.32 bits per heavy atom. The average Bonchev–Trinajstić information content (AvgIpc) is 3.35. The van der Waals surface area contributed by atoms with Crippen LogP contribution in [0.25, 0.3) is 11.3 Å². The predicted octanol–water partition coefficient (Wildman–Crippen LogP) is 1.76. The first-order chi connectivity index (χ1) is 12.2. The molecule has 8 nitrogen and oxygen atoms in total. The van der Waals surface area contributed by atoms with E-state index in [4.69, 9.17) is 0 Å². The second-order valence-electron chi connectivity index (χ2n) is 6.70. The summed E-state index contributed by atoms with van der Waals surface area (Å²) in [5.41, 5.74) is 1.77. The van der Waals surface area contributed by atoms with Crippen molar-refractivity contribution in [2.75, 3.05) is 5.32 Å². The summed E-state index contributed by atoms with van der Waals surface area (Å²) < 4.78 is 1.86. The predicted molar refractivity (Wildman–Crippen MR) is 89.1 cm³/mol. The Kier molecular flexibility index (Phi) is 4.11. The Morgan fingerprint density at radius 2 is 2.12 bits per heavy atom. The molecule has 3 heterocycles. The highest BCUT2D eigenvalue weighted by atomic mass is 16.3. The van der Waals surface area contributed by atoms with E-state index in [0.717, 1.165) is 18.4 Å². The third kappa shape index (κ3) is 2.75. The van der Waals surface area contributed by atoms with E-state index in [2.05, 4.69) is 26.5 Å². The highest BCUT2D eigenvalue weighted by Gasteiger charge is 2.34. The van der Waals surface area contributed by atoms with Gasteiger partial charge in [0.05, 0.1) is 36.0 Å². The Labute approximate surface area is 145 Å². The van der Waals surface area contributed by atoms with Gasteiger partial charge in [-0.2, -0.15) is 10.4 Å². The molecule has 2 aromatic rings. The van der Waals surface area contributed by atoms with Crippen LogP contribution in [-0.2, 0) is 0 Å². The van der Waals surface area contributed by atoms with Crippen molar-refractivity contribution in [2.45, 2.75) is 50.5 Å². The van der Waals surface area contributed by atoms with Crippen LogP contribution in [-0.4, -0.2) is 36.2 Å². The molecule has 0 amide bonds. The van der Waals surface area contributed by atoms with Crippen molar-refractivity contribution in [1.29, 1.82) is 5.26 Å². The number of hydrogen-bond acceptors (Lipinski definition) is 7. The van der Waals surface area contributed by atoms with Crippen LogP contribution in [0.3, 0.4) is 0 Å². The minimum Gasteiger partial charge on any atom is -0.383 e. The SMILES string of the molecule is N#CC[C@H](C1CCCC1)n1cc(-c2ncnc3c2C(O)C(O)N3)cn1. The van der Waals surface area contributed by atoms with Gasteiger partial charge in [0, 0.05) is 11.8 Å². The number of anilines is 1. The number of aliphatic hydroxyl groups is 2. The lowest BCUT2D eigenvalue weighted by atomic mass is 9.96. The van der Waals surface area contributed by atoms with E-state index >= 15 is 0 Å². The molecule has 1 aliphatic carbocycles. The van der Waals surface area contributed by atoms with Crippen molar-refractivity contribution >= 4 is 5.82 Å². The van der Waals surface area contributed by atoms with Crippen LogP contribution < -0.4 is 5.32 Å². The lowest BCUT2D eigenvalue weighted by Crippen LogP contribution is -2.19.